The molecule has 3 aliphatic heterocycles. The number of pyridine rings is 1. The summed E-state index contributed by atoms with van der Waals surface area (Å²) in [6, 6.07) is 9.40. The van der Waals surface area contributed by atoms with Gasteiger partial charge in [-0.05, 0) is 48.7 Å². The molecule has 0 saturated carbocycles. The van der Waals surface area contributed by atoms with Crippen molar-refractivity contribution < 1.29 is 19.0 Å². The smallest absolute Gasteiger partial charge is 0.251 e. The lowest BCUT2D eigenvalue weighted by atomic mass is 9.73. The van der Waals surface area contributed by atoms with Crippen molar-refractivity contribution in [3.8, 4) is 11.5 Å². The average Bonchev–Trinajstić information content (AvgIpc) is 3.45. The van der Waals surface area contributed by atoms with Crippen LogP contribution in [0.1, 0.15) is 28.8 Å². The first-order chi connectivity index (χ1) is 15.1. The molecule has 5 rings (SSSR count). The number of benzene rings is 1. The molecule has 1 aromatic carbocycles. The van der Waals surface area contributed by atoms with E-state index in [0.717, 1.165) is 32.5 Å². The molecule has 2 bridgehead atoms. The van der Waals surface area contributed by atoms with E-state index >= 15 is 0 Å². The van der Waals surface area contributed by atoms with Crippen molar-refractivity contribution in [2.75, 3.05) is 33.9 Å². The van der Waals surface area contributed by atoms with Gasteiger partial charge in [-0.3, -0.25) is 14.7 Å². The highest BCUT2D eigenvalue weighted by atomic mass is 16.5. The maximum atomic E-state index is 12.8. The lowest BCUT2D eigenvalue weighted by Crippen LogP contribution is -2.41. The SMILES string of the molecule is COc1ccc(C(=O)NCC2C3CCC4(CN(Cc5ccncc5)CC24)O3)cc1OC. The van der Waals surface area contributed by atoms with Crippen LogP contribution in [-0.2, 0) is 11.3 Å². The highest BCUT2D eigenvalue weighted by Gasteiger charge is 2.62. The van der Waals surface area contributed by atoms with E-state index in [1.807, 2.05) is 12.4 Å². The van der Waals surface area contributed by atoms with E-state index in [0.29, 0.717) is 35.4 Å². The summed E-state index contributed by atoms with van der Waals surface area (Å²) < 4.78 is 17.1. The largest absolute Gasteiger partial charge is 0.493 e. The minimum absolute atomic E-state index is 0.0452. The number of aromatic nitrogens is 1. The van der Waals surface area contributed by atoms with E-state index in [9.17, 15) is 4.79 Å². The Bertz CT molecular complexity index is 953. The van der Waals surface area contributed by atoms with Gasteiger partial charge in [0.1, 0.15) is 0 Å². The minimum atomic E-state index is -0.0931. The molecule has 0 aliphatic carbocycles. The van der Waals surface area contributed by atoms with Gasteiger partial charge in [-0.1, -0.05) is 0 Å². The molecule has 3 saturated heterocycles. The zero-order valence-corrected chi connectivity index (χ0v) is 18.0. The zero-order valence-electron chi connectivity index (χ0n) is 18.0. The van der Waals surface area contributed by atoms with Crippen LogP contribution < -0.4 is 14.8 Å². The van der Waals surface area contributed by atoms with Gasteiger partial charge in [0, 0.05) is 56.0 Å². The van der Waals surface area contributed by atoms with Crippen molar-refractivity contribution in [3.05, 3.63) is 53.9 Å². The quantitative estimate of drug-likeness (QED) is 0.738. The Morgan fingerprint density at radius 3 is 2.81 bits per heavy atom. The van der Waals surface area contributed by atoms with Gasteiger partial charge in [-0.25, -0.2) is 0 Å². The van der Waals surface area contributed by atoms with Crippen molar-refractivity contribution in [2.45, 2.75) is 31.1 Å². The van der Waals surface area contributed by atoms with E-state index in [1.54, 1.807) is 32.4 Å². The van der Waals surface area contributed by atoms with Crippen molar-refractivity contribution in [3.63, 3.8) is 0 Å². The van der Waals surface area contributed by atoms with E-state index in [1.165, 1.54) is 5.56 Å². The average molecular weight is 424 g/mol. The lowest BCUT2D eigenvalue weighted by Gasteiger charge is -2.29. The lowest BCUT2D eigenvalue weighted by molar-refractivity contribution is 0.00212. The molecular formula is C24H29N3O4. The molecule has 164 valence electrons. The number of rotatable bonds is 7. The van der Waals surface area contributed by atoms with Gasteiger partial charge in [0.15, 0.2) is 11.5 Å². The number of hydrogen-bond donors (Lipinski definition) is 1. The number of methoxy groups -OCH3 is 2. The van der Waals surface area contributed by atoms with Gasteiger partial charge < -0.3 is 19.5 Å². The van der Waals surface area contributed by atoms with Gasteiger partial charge in [0.25, 0.3) is 5.91 Å². The van der Waals surface area contributed by atoms with Gasteiger partial charge in [0.05, 0.1) is 25.9 Å². The van der Waals surface area contributed by atoms with Crippen molar-refractivity contribution >= 4 is 5.91 Å². The molecule has 7 heteroatoms. The molecule has 3 fully saturated rings. The van der Waals surface area contributed by atoms with E-state index in [2.05, 4.69) is 27.3 Å². The topological polar surface area (TPSA) is 72.9 Å². The second-order valence-corrected chi connectivity index (χ2v) is 8.83. The van der Waals surface area contributed by atoms with Crippen LogP contribution in [0.3, 0.4) is 0 Å². The predicted octanol–water partition coefficient (Wildman–Crippen LogP) is 2.51. The van der Waals surface area contributed by atoms with E-state index in [-0.39, 0.29) is 17.6 Å². The van der Waals surface area contributed by atoms with Crippen molar-refractivity contribution in [2.24, 2.45) is 11.8 Å². The van der Waals surface area contributed by atoms with Crippen molar-refractivity contribution in [1.29, 1.82) is 0 Å². The first-order valence-corrected chi connectivity index (χ1v) is 10.9. The summed E-state index contributed by atoms with van der Waals surface area (Å²) in [5, 5.41) is 3.15. The van der Waals surface area contributed by atoms with Crippen LogP contribution in [0.25, 0.3) is 0 Å². The number of hydrogen-bond acceptors (Lipinski definition) is 6. The Labute approximate surface area is 182 Å². The molecule has 3 aliphatic rings. The fourth-order valence-electron chi connectivity index (χ4n) is 5.72. The fraction of sp³-hybridized carbons (Fsp3) is 0.500. The third-order valence-corrected chi connectivity index (χ3v) is 7.15. The van der Waals surface area contributed by atoms with Crippen molar-refractivity contribution in [1.82, 2.24) is 15.2 Å². The normalized spacial score (nSPS) is 29.0. The van der Waals surface area contributed by atoms with Gasteiger partial charge in [-0.2, -0.15) is 0 Å². The summed E-state index contributed by atoms with van der Waals surface area (Å²) in [6.45, 7) is 3.53. The number of nitrogens with zero attached hydrogens (tertiary/aromatic N) is 2. The van der Waals surface area contributed by atoms with Crippen LogP contribution in [0.15, 0.2) is 42.7 Å². The number of amides is 1. The zero-order chi connectivity index (χ0) is 21.4. The summed E-state index contributed by atoms with van der Waals surface area (Å²) in [5.41, 5.74) is 1.80. The minimum Gasteiger partial charge on any atom is -0.493 e. The molecule has 0 radical (unpaired) electrons. The van der Waals surface area contributed by atoms with Crippen LogP contribution in [-0.4, -0.2) is 61.3 Å². The van der Waals surface area contributed by atoms with Crippen LogP contribution in [0.4, 0.5) is 0 Å². The Morgan fingerprint density at radius 2 is 2.03 bits per heavy atom. The van der Waals surface area contributed by atoms with Crippen LogP contribution >= 0.6 is 0 Å². The molecule has 4 heterocycles. The summed E-state index contributed by atoms with van der Waals surface area (Å²) in [7, 11) is 3.16. The van der Waals surface area contributed by atoms with Crippen LogP contribution in [0.2, 0.25) is 0 Å². The molecule has 2 aromatic rings. The number of likely N-dealkylation sites (tertiary alicyclic amines) is 1. The van der Waals surface area contributed by atoms with Gasteiger partial charge in [-0.15, -0.1) is 0 Å². The molecule has 1 N–H and O–H groups in total. The second kappa shape index (κ2) is 8.13. The van der Waals surface area contributed by atoms with Crippen LogP contribution in [0.5, 0.6) is 11.5 Å². The molecule has 4 atom stereocenters. The summed E-state index contributed by atoms with van der Waals surface area (Å²) in [6.07, 6.45) is 6.14. The Morgan fingerprint density at radius 1 is 1.23 bits per heavy atom. The maximum absolute atomic E-state index is 12.8. The first kappa shape index (κ1) is 20.3. The van der Waals surface area contributed by atoms with E-state index < -0.39 is 0 Å². The molecule has 1 aromatic heterocycles. The van der Waals surface area contributed by atoms with Gasteiger partial charge >= 0.3 is 0 Å². The molecule has 31 heavy (non-hydrogen) atoms. The summed E-state index contributed by atoms with van der Waals surface area (Å²) in [5.74, 6) is 1.88. The Hall–Kier alpha value is -2.64. The molecular weight excluding hydrogens is 394 g/mol. The van der Waals surface area contributed by atoms with E-state index in [4.69, 9.17) is 14.2 Å². The molecule has 7 nitrogen and oxygen atoms in total. The number of carbonyl (C=O) groups excluding carboxylic acids is 1. The number of ether oxygens (including phenoxy) is 3. The fourth-order valence-corrected chi connectivity index (χ4v) is 5.72. The summed E-state index contributed by atoms with van der Waals surface area (Å²) >= 11 is 0. The monoisotopic (exact) mass is 423 g/mol. The predicted molar refractivity (Wildman–Crippen MR) is 115 cm³/mol. The third kappa shape index (κ3) is 3.66. The highest BCUT2D eigenvalue weighted by molar-refractivity contribution is 5.94. The molecule has 1 spiro atoms. The maximum Gasteiger partial charge on any atom is 0.251 e. The number of carbonyl (C=O) groups is 1. The number of fused-ring (bicyclic) bond motifs is 1. The van der Waals surface area contributed by atoms with Gasteiger partial charge in [0.2, 0.25) is 0 Å². The summed E-state index contributed by atoms with van der Waals surface area (Å²) in [4.78, 5) is 19.4. The Balaban J connectivity index is 1.24. The standard InChI is InChI=1S/C24H29N3O4/c1-29-21-4-3-17(11-22(21)30-2)23(28)26-12-18-19-14-27(13-16-6-9-25-10-7-16)15-24(19)8-5-20(18)31-24/h3-4,6-7,9-11,18-20H,5,8,12-15H2,1-2H3,(H,26,28). The second-order valence-electron chi connectivity index (χ2n) is 8.83. The first-order valence-electron chi connectivity index (χ1n) is 10.9. The van der Waals surface area contributed by atoms with Crippen LogP contribution in [0, 0.1) is 11.8 Å². The molecule has 1 amide bonds. The molecule has 4 unspecified atom stereocenters. The third-order valence-electron chi connectivity index (χ3n) is 7.15. The number of nitrogens with one attached hydrogen (secondary N) is 1. The Kier molecular flexibility index (Phi) is 5.32. The highest BCUT2D eigenvalue weighted by Crippen LogP contribution is 2.54.